The monoisotopic (exact) mass is 329 g/mol. The Kier molecular flexibility index (Phi) is 4.69. The van der Waals surface area contributed by atoms with Crippen molar-refractivity contribution in [2.75, 3.05) is 6.61 Å². The number of carbonyl (C=O) groups excluding carboxylic acids is 2. The van der Waals surface area contributed by atoms with E-state index in [-0.39, 0.29) is 24.8 Å². The molecule has 108 valence electrons. The van der Waals surface area contributed by atoms with E-state index in [4.69, 9.17) is 44.3 Å². The Morgan fingerprint density at radius 3 is 2.32 bits per heavy atom. The van der Waals surface area contributed by atoms with Gasteiger partial charge in [0.1, 0.15) is 12.7 Å². The molecule has 0 N–H and O–H groups in total. The van der Waals surface area contributed by atoms with Crippen molar-refractivity contribution in [3.63, 3.8) is 0 Å². The van der Waals surface area contributed by atoms with Crippen LogP contribution in [0.2, 0.25) is 0 Å². The van der Waals surface area contributed by atoms with Crippen LogP contribution < -0.4 is 0 Å². The highest BCUT2D eigenvalue weighted by atomic mass is 35.6. The number of amides is 1. The number of rotatable bonds is 3. The molecular weight excluding hydrogens is 316 g/mol. The van der Waals surface area contributed by atoms with Crippen molar-refractivity contribution in [1.82, 2.24) is 4.90 Å². The molecule has 19 heavy (non-hydrogen) atoms. The summed E-state index contributed by atoms with van der Waals surface area (Å²) >= 11 is 16.4. The van der Waals surface area contributed by atoms with Gasteiger partial charge in [0.15, 0.2) is 0 Å². The number of carbonyl (C=O) groups is 2. The number of fused-ring (bicyclic) bond motifs is 2. The van der Waals surface area contributed by atoms with Gasteiger partial charge in [-0.25, -0.2) is 4.79 Å². The van der Waals surface area contributed by atoms with E-state index < -0.39 is 9.95 Å². The van der Waals surface area contributed by atoms with Crippen LogP contribution in [0.5, 0.6) is 0 Å². The van der Waals surface area contributed by atoms with Gasteiger partial charge in [0.25, 0.3) is 0 Å². The van der Waals surface area contributed by atoms with Crippen LogP contribution in [0.4, 0.5) is 4.79 Å². The van der Waals surface area contributed by atoms with Crippen molar-refractivity contribution < 1.29 is 19.1 Å². The quantitative estimate of drug-likeness (QED) is 0.453. The second-order valence-corrected chi connectivity index (χ2v) is 7.32. The summed E-state index contributed by atoms with van der Waals surface area (Å²) in [5.74, 6) is 0. The molecule has 0 aromatic carbocycles. The van der Waals surface area contributed by atoms with Gasteiger partial charge in [0.05, 0.1) is 0 Å². The van der Waals surface area contributed by atoms with Crippen molar-refractivity contribution in [1.29, 1.82) is 0 Å². The lowest BCUT2D eigenvalue weighted by Crippen LogP contribution is -2.45. The Balaban J connectivity index is 1.79. The summed E-state index contributed by atoms with van der Waals surface area (Å²) in [4.78, 5) is 24.2. The van der Waals surface area contributed by atoms with E-state index in [9.17, 15) is 9.59 Å². The van der Waals surface area contributed by atoms with Crippen molar-refractivity contribution in [3.05, 3.63) is 0 Å². The molecule has 0 saturated carbocycles. The maximum Gasteiger partial charge on any atom is 0.508 e. The smallest absolute Gasteiger partial charge is 0.431 e. The zero-order chi connectivity index (χ0) is 14.0. The van der Waals surface area contributed by atoms with E-state index in [2.05, 4.69) is 0 Å². The fourth-order valence-corrected chi connectivity index (χ4v) is 2.91. The Hall–Kier alpha value is -0.390. The predicted molar refractivity (Wildman–Crippen MR) is 70.5 cm³/mol. The Morgan fingerprint density at radius 1 is 1.26 bits per heavy atom. The summed E-state index contributed by atoms with van der Waals surface area (Å²) in [5.41, 5.74) is 0. The minimum Gasteiger partial charge on any atom is -0.431 e. The largest absolute Gasteiger partial charge is 0.508 e. The Morgan fingerprint density at radius 2 is 1.84 bits per heavy atom. The zero-order valence-corrected chi connectivity index (χ0v) is 12.3. The van der Waals surface area contributed by atoms with Crippen molar-refractivity contribution >= 4 is 47.4 Å². The van der Waals surface area contributed by atoms with Gasteiger partial charge in [0.2, 0.25) is 10.2 Å². The van der Waals surface area contributed by atoms with Crippen LogP contribution in [0, 0.1) is 0 Å². The lowest BCUT2D eigenvalue weighted by Gasteiger charge is -2.35. The lowest BCUT2D eigenvalue weighted by molar-refractivity contribution is -0.124. The van der Waals surface area contributed by atoms with Crippen LogP contribution in [0.3, 0.4) is 0 Å². The molecule has 2 bridgehead atoms. The normalized spacial score (nSPS) is 30.1. The summed E-state index contributed by atoms with van der Waals surface area (Å²) in [6.07, 6.45) is 2.97. The first-order valence-corrected chi connectivity index (χ1v) is 7.15. The first-order chi connectivity index (χ1) is 8.89. The number of hydrogen-bond acceptors (Lipinski definition) is 4. The van der Waals surface area contributed by atoms with Crippen LogP contribution in [0.1, 0.15) is 25.7 Å². The summed E-state index contributed by atoms with van der Waals surface area (Å²) in [7, 11) is 0. The molecule has 2 fully saturated rings. The van der Waals surface area contributed by atoms with Crippen molar-refractivity contribution in [2.45, 2.75) is 47.7 Å². The average Bonchev–Trinajstić information content (AvgIpc) is 2.56. The highest BCUT2D eigenvalue weighted by Crippen LogP contribution is 2.36. The fraction of sp³-hybridized carbons (Fsp3) is 0.818. The first-order valence-electron chi connectivity index (χ1n) is 6.02. The topological polar surface area (TPSA) is 55.8 Å². The minimum atomic E-state index is -1.64. The highest BCUT2D eigenvalue weighted by Gasteiger charge is 2.41. The molecular formula is C11H14Cl3NO4. The van der Waals surface area contributed by atoms with E-state index in [1.54, 1.807) is 0 Å². The van der Waals surface area contributed by atoms with Gasteiger partial charge >= 0.3 is 6.16 Å². The number of piperidine rings is 1. The number of halogens is 3. The number of alkyl halides is 3. The van der Waals surface area contributed by atoms with Gasteiger partial charge < -0.3 is 14.4 Å². The summed E-state index contributed by atoms with van der Waals surface area (Å²) < 4.78 is 8.25. The van der Waals surface area contributed by atoms with Gasteiger partial charge in [-0.3, -0.25) is 4.79 Å². The Labute approximate surface area is 126 Å². The third kappa shape index (κ3) is 4.04. The van der Waals surface area contributed by atoms with Gasteiger partial charge in [-0.1, -0.05) is 34.8 Å². The molecule has 2 heterocycles. The van der Waals surface area contributed by atoms with Crippen molar-refractivity contribution in [3.8, 4) is 0 Å². The third-order valence-electron chi connectivity index (χ3n) is 3.48. The van der Waals surface area contributed by atoms with E-state index in [0.717, 1.165) is 19.3 Å². The molecule has 2 aliphatic heterocycles. The molecule has 2 saturated heterocycles. The van der Waals surface area contributed by atoms with Crippen LogP contribution in [-0.2, 0) is 14.3 Å². The van der Waals surface area contributed by atoms with Crippen LogP contribution in [0.25, 0.3) is 0 Å². The summed E-state index contributed by atoms with van der Waals surface area (Å²) in [6.45, 7) is -0.351. The maximum atomic E-state index is 11.4. The Bertz CT molecular complexity index is 346. The number of nitrogens with zero attached hydrogens (tertiary/aromatic N) is 1. The van der Waals surface area contributed by atoms with Crippen LogP contribution in [-0.4, -0.2) is 46.1 Å². The second kappa shape index (κ2) is 5.94. The summed E-state index contributed by atoms with van der Waals surface area (Å²) in [6, 6.07) is 0.310. The van der Waals surface area contributed by atoms with Crippen LogP contribution >= 0.6 is 34.8 Å². The molecule has 0 radical (unpaired) electrons. The molecule has 8 heteroatoms. The average molecular weight is 331 g/mol. The van der Waals surface area contributed by atoms with E-state index in [1.165, 1.54) is 0 Å². The number of ether oxygens (including phenoxy) is 2. The van der Waals surface area contributed by atoms with Gasteiger partial charge in [-0.15, -0.1) is 0 Å². The van der Waals surface area contributed by atoms with E-state index in [1.807, 2.05) is 4.90 Å². The minimum absolute atomic E-state index is 0.155. The molecule has 0 aromatic heterocycles. The molecule has 2 rings (SSSR count). The number of hydrogen-bond donors (Lipinski definition) is 0. The van der Waals surface area contributed by atoms with E-state index in [0.29, 0.717) is 12.8 Å². The van der Waals surface area contributed by atoms with Crippen LogP contribution in [0.15, 0.2) is 0 Å². The first kappa shape index (κ1) is 15.0. The summed E-state index contributed by atoms with van der Waals surface area (Å²) in [5, 5.41) is 0. The molecule has 1 amide bonds. The third-order valence-corrected chi connectivity index (χ3v) is 3.81. The predicted octanol–water partition coefficient (Wildman–Crippen LogP) is 2.66. The second-order valence-electron chi connectivity index (χ2n) is 4.80. The molecule has 5 nitrogen and oxygen atoms in total. The van der Waals surface area contributed by atoms with Crippen molar-refractivity contribution in [2.24, 2.45) is 0 Å². The lowest BCUT2D eigenvalue weighted by atomic mass is 10.0. The molecule has 2 aliphatic rings. The molecule has 0 spiro atoms. The van der Waals surface area contributed by atoms with Gasteiger partial charge in [-0.05, 0) is 12.8 Å². The molecule has 2 atom stereocenters. The fourth-order valence-electron chi connectivity index (χ4n) is 2.74. The van der Waals surface area contributed by atoms with Gasteiger partial charge in [0, 0.05) is 24.9 Å². The van der Waals surface area contributed by atoms with E-state index >= 15 is 0 Å². The molecule has 2 unspecified atom stereocenters. The maximum absolute atomic E-state index is 11.4. The SMILES string of the molecule is O=CN1C2CCC1CC(OC(=O)OCC(Cl)(Cl)Cl)C2. The van der Waals surface area contributed by atoms with Gasteiger partial charge in [-0.2, -0.15) is 0 Å². The molecule has 0 aliphatic carbocycles. The highest BCUT2D eigenvalue weighted by molar-refractivity contribution is 6.67. The standard InChI is InChI=1S/C11H14Cl3NO4/c12-11(13,14)5-18-10(17)19-9-3-7-1-2-8(4-9)15(7)6-16/h6-9H,1-5H2. The zero-order valence-electron chi connectivity index (χ0n) is 10.1. The molecule has 0 aromatic rings.